The van der Waals surface area contributed by atoms with E-state index in [1.807, 2.05) is 30.3 Å². The normalized spacial score (nSPS) is 11.4. The van der Waals surface area contributed by atoms with Gasteiger partial charge in [0.25, 0.3) is 0 Å². The molecule has 5 nitrogen and oxygen atoms in total. The van der Waals surface area contributed by atoms with Crippen molar-refractivity contribution in [2.75, 3.05) is 13.2 Å². The fraction of sp³-hybridized carbons (Fsp3) is 0.214. The van der Waals surface area contributed by atoms with Gasteiger partial charge in [0.1, 0.15) is 19.0 Å². The molecule has 0 aliphatic rings. The predicted octanol–water partition coefficient (Wildman–Crippen LogP) is 2.29. The molecule has 0 saturated heterocycles. The molecule has 0 fully saturated rings. The second-order valence-electron chi connectivity index (χ2n) is 4.16. The van der Waals surface area contributed by atoms with Crippen LogP contribution < -0.4 is 9.99 Å². The first-order valence-corrected chi connectivity index (χ1v) is 6.91. The van der Waals surface area contributed by atoms with Crippen molar-refractivity contribution in [2.45, 2.75) is 5.25 Å². The van der Waals surface area contributed by atoms with Crippen LogP contribution in [0.3, 0.4) is 0 Å². The molecule has 22 heavy (non-hydrogen) atoms. The molecule has 2 rings (SSSR count). The van der Waals surface area contributed by atoms with Gasteiger partial charge in [-0.05, 0) is 22.9 Å². The van der Waals surface area contributed by atoms with E-state index in [9.17, 15) is 18.8 Å². The number of ether oxygens (including phenoxy) is 2. The topological polar surface area (TPSA) is 67.8 Å². The number of carbonyl (C=O) groups excluding carboxylic acids is 1. The lowest BCUT2D eigenvalue weighted by Crippen LogP contribution is -2.29. The van der Waals surface area contributed by atoms with E-state index in [0.717, 1.165) is 10.8 Å². The lowest BCUT2D eigenvalue weighted by atomic mass is 10.1. The van der Waals surface area contributed by atoms with Gasteiger partial charge in [-0.3, -0.25) is 0 Å². The Morgan fingerprint density at radius 3 is 2.59 bits per heavy atom. The molecule has 0 heterocycles. The summed E-state index contributed by atoms with van der Waals surface area (Å²) in [7, 11) is 0. The number of benzene rings is 2. The number of fused-ring (bicyclic) bond motifs is 1. The minimum Gasteiger partial charge on any atom is -0.710 e. The van der Waals surface area contributed by atoms with E-state index >= 15 is 0 Å². The maximum absolute atomic E-state index is 12.9. The second-order valence-corrected chi connectivity index (χ2v) is 4.98. The van der Waals surface area contributed by atoms with Gasteiger partial charge in [0.2, 0.25) is 0 Å². The molecule has 2 aromatic rings. The summed E-state index contributed by atoms with van der Waals surface area (Å²) in [6, 6.07) is 13.0. The third-order valence-corrected chi connectivity index (χ3v) is 3.13. The summed E-state index contributed by atoms with van der Waals surface area (Å²) in [6.07, 6.45) is 0. The summed E-state index contributed by atoms with van der Waals surface area (Å²) in [5, 5.41) is 7.59. The van der Waals surface area contributed by atoms with Crippen LogP contribution in [0, 0.1) is 0 Å². The fourth-order valence-corrected chi connectivity index (χ4v) is 1.92. The molecular weight excluding hydrogens is 318 g/mol. The van der Waals surface area contributed by atoms with Crippen molar-refractivity contribution >= 4 is 28.8 Å². The molecule has 2 aromatic carbocycles. The summed E-state index contributed by atoms with van der Waals surface area (Å²) >= 11 is -0.807. The van der Waals surface area contributed by atoms with Gasteiger partial charge < -0.3 is 19.1 Å². The van der Waals surface area contributed by atoms with Gasteiger partial charge in [-0.15, -0.1) is 0 Å². The fourth-order valence-electron chi connectivity index (χ4n) is 1.71. The van der Waals surface area contributed by atoms with E-state index in [1.165, 1.54) is 0 Å². The third kappa shape index (κ3) is 4.30. The van der Waals surface area contributed by atoms with Crippen LogP contribution in [0.25, 0.3) is 10.8 Å². The van der Waals surface area contributed by atoms with Crippen LogP contribution in [-0.2, 0) is 13.9 Å². The number of esters is 1. The second kappa shape index (κ2) is 7.39. The first kappa shape index (κ1) is 16.5. The van der Waals surface area contributed by atoms with E-state index in [0.29, 0.717) is 5.75 Å². The van der Waals surface area contributed by atoms with Gasteiger partial charge in [0, 0.05) is 0 Å². The highest BCUT2D eigenvalue weighted by atomic mass is 32.2. The van der Waals surface area contributed by atoms with E-state index in [4.69, 9.17) is 4.74 Å². The van der Waals surface area contributed by atoms with E-state index in [1.54, 1.807) is 12.1 Å². The number of alkyl halides is 2. The van der Waals surface area contributed by atoms with Crippen LogP contribution in [0.5, 0.6) is 5.75 Å². The highest BCUT2D eigenvalue weighted by Crippen LogP contribution is 2.29. The molecule has 0 N–H and O–H groups in total. The Hall–Kier alpha value is -1.90. The molecule has 0 aliphatic heterocycles. The van der Waals surface area contributed by atoms with Gasteiger partial charge in [0.05, 0.1) is 12.0 Å². The Morgan fingerprint density at radius 2 is 1.86 bits per heavy atom. The number of hydrogen-bond acceptors (Lipinski definition) is 6. The van der Waals surface area contributed by atoms with Gasteiger partial charge in [-0.1, -0.05) is 30.3 Å². The number of hydrogen-bond donors (Lipinski definition) is 0. The van der Waals surface area contributed by atoms with Crippen molar-refractivity contribution in [3.05, 3.63) is 42.5 Å². The average molecular weight is 329 g/mol. The molecular formula is C14H11F2O5S-. The summed E-state index contributed by atoms with van der Waals surface area (Å²) in [5.74, 6) is -1.32. The van der Waals surface area contributed by atoms with Crippen LogP contribution in [-0.4, -0.2) is 24.4 Å². The first-order valence-electron chi connectivity index (χ1n) is 6.17. The molecule has 0 radical (unpaired) electrons. The van der Waals surface area contributed by atoms with E-state index in [2.05, 4.69) is 9.07 Å². The van der Waals surface area contributed by atoms with E-state index in [-0.39, 0.29) is 13.2 Å². The van der Waals surface area contributed by atoms with Crippen molar-refractivity contribution in [2.24, 2.45) is 0 Å². The zero-order valence-electron chi connectivity index (χ0n) is 11.2. The molecule has 8 heteroatoms. The van der Waals surface area contributed by atoms with Crippen molar-refractivity contribution < 1.29 is 32.6 Å². The summed E-state index contributed by atoms with van der Waals surface area (Å²) < 4.78 is 38.3. The quantitative estimate of drug-likeness (QED) is 0.255. The maximum atomic E-state index is 12.9. The van der Waals surface area contributed by atoms with Crippen molar-refractivity contribution in [1.82, 2.24) is 0 Å². The predicted molar refractivity (Wildman–Crippen MR) is 74.0 cm³/mol. The van der Waals surface area contributed by atoms with Gasteiger partial charge in [0.15, 0.2) is 0 Å². The van der Waals surface area contributed by atoms with Crippen molar-refractivity contribution in [3.63, 3.8) is 0 Å². The van der Waals surface area contributed by atoms with Crippen molar-refractivity contribution in [1.29, 1.82) is 0 Å². The Balaban J connectivity index is 1.81. The molecule has 0 aliphatic carbocycles. The van der Waals surface area contributed by atoms with Gasteiger partial charge in [-0.25, -0.2) is 4.79 Å². The SMILES string of the molecule is O=C(OCCOc1ccc2ccccc2c1)C(F)(F)SO[O-]. The summed E-state index contributed by atoms with van der Waals surface area (Å²) in [6.45, 7) is -0.469. The average Bonchev–Trinajstić information content (AvgIpc) is 2.51. The Bertz CT molecular complexity index is 650. The lowest BCUT2D eigenvalue weighted by molar-refractivity contribution is -0.630. The smallest absolute Gasteiger partial charge is 0.412 e. The number of halogens is 2. The maximum Gasteiger partial charge on any atom is 0.412 e. The largest absolute Gasteiger partial charge is 0.710 e. The van der Waals surface area contributed by atoms with Crippen LogP contribution in [0.2, 0.25) is 0 Å². The minimum atomic E-state index is -4.04. The number of carbonyl (C=O) groups is 1. The van der Waals surface area contributed by atoms with E-state index < -0.39 is 23.3 Å². The molecule has 0 spiro atoms. The zero-order valence-corrected chi connectivity index (χ0v) is 12.0. The molecule has 0 unspecified atom stereocenters. The Labute approximate surface area is 128 Å². The monoisotopic (exact) mass is 329 g/mol. The highest BCUT2D eigenvalue weighted by molar-refractivity contribution is 7.96. The minimum absolute atomic E-state index is 0.0942. The third-order valence-electron chi connectivity index (χ3n) is 2.68. The Morgan fingerprint density at radius 1 is 1.14 bits per heavy atom. The van der Waals surface area contributed by atoms with Crippen LogP contribution in [0.15, 0.2) is 42.5 Å². The van der Waals surface area contributed by atoms with Crippen molar-refractivity contribution in [3.8, 4) is 5.75 Å². The van der Waals surface area contributed by atoms with Crippen LogP contribution >= 0.6 is 12.0 Å². The standard InChI is InChI=1S/C14H12F2O5S/c15-14(16,22-21-18)13(17)20-8-7-19-12-6-5-10-3-1-2-4-11(10)9-12/h1-6,9,18H,7-8H2/p-1. The lowest BCUT2D eigenvalue weighted by Gasteiger charge is -2.15. The first-order chi connectivity index (χ1) is 10.5. The van der Waals surface area contributed by atoms with Gasteiger partial charge in [-0.2, -0.15) is 8.78 Å². The molecule has 0 amide bonds. The Kier molecular flexibility index (Phi) is 5.53. The van der Waals surface area contributed by atoms with Crippen LogP contribution in [0.1, 0.15) is 0 Å². The van der Waals surface area contributed by atoms with Crippen LogP contribution in [0.4, 0.5) is 8.78 Å². The number of rotatable bonds is 7. The molecule has 118 valence electrons. The highest BCUT2D eigenvalue weighted by Gasteiger charge is 2.42. The summed E-state index contributed by atoms with van der Waals surface area (Å²) in [4.78, 5) is 11.0. The van der Waals surface area contributed by atoms with Gasteiger partial charge >= 0.3 is 11.2 Å². The molecule has 0 saturated carbocycles. The molecule has 0 aromatic heterocycles. The molecule has 0 bridgehead atoms. The molecule has 0 atom stereocenters. The summed E-state index contributed by atoms with van der Waals surface area (Å²) in [5.41, 5.74) is 0. The zero-order chi connectivity index (χ0) is 16.0.